The lowest BCUT2D eigenvalue weighted by atomic mass is 9.93. The number of benzene rings is 1. The number of hydrogen-bond acceptors (Lipinski definition) is 4. The number of nitrogens with one attached hydrogen (secondary N) is 1. The second kappa shape index (κ2) is 5.64. The minimum absolute atomic E-state index is 0.0311. The average molecular weight is 262 g/mol. The molecule has 0 spiro atoms. The topological polar surface area (TPSA) is 99.4 Å². The minimum atomic E-state index is -0.926. The first-order valence-electron chi connectivity index (χ1n) is 5.80. The predicted molar refractivity (Wildman–Crippen MR) is 68.7 cm³/mol. The van der Waals surface area contributed by atoms with Crippen LogP contribution in [0.25, 0.3) is 0 Å². The molecule has 1 aromatic carbocycles. The third-order valence-corrected chi connectivity index (χ3v) is 3.04. The lowest BCUT2D eigenvalue weighted by molar-refractivity contribution is -0.384. The van der Waals surface area contributed by atoms with Gasteiger partial charge >= 0.3 is 0 Å². The maximum absolute atomic E-state index is 10.6. The molecule has 0 aliphatic heterocycles. The molecule has 3 N–H and O–H groups in total. The molecule has 100 valence electrons. The SMILES string of the molecule is O=[N+]([O-])c1ccc(C(O)C(CO)c2ccc[nH]2)cc1. The summed E-state index contributed by atoms with van der Waals surface area (Å²) in [5.41, 5.74) is 1.21. The minimum Gasteiger partial charge on any atom is -0.396 e. The third kappa shape index (κ3) is 2.81. The van der Waals surface area contributed by atoms with Crippen LogP contribution in [0.1, 0.15) is 23.3 Å². The Hall–Kier alpha value is -2.18. The van der Waals surface area contributed by atoms with Crippen LogP contribution in [0.15, 0.2) is 42.6 Å². The third-order valence-electron chi connectivity index (χ3n) is 3.04. The van der Waals surface area contributed by atoms with Crippen molar-refractivity contribution in [3.63, 3.8) is 0 Å². The van der Waals surface area contributed by atoms with Crippen LogP contribution in [-0.2, 0) is 0 Å². The zero-order valence-electron chi connectivity index (χ0n) is 10.1. The number of aliphatic hydroxyl groups is 2. The lowest BCUT2D eigenvalue weighted by Gasteiger charge is -2.20. The summed E-state index contributed by atoms with van der Waals surface area (Å²) in [5.74, 6) is -0.489. The van der Waals surface area contributed by atoms with Crippen molar-refractivity contribution in [3.05, 3.63) is 64.0 Å². The van der Waals surface area contributed by atoms with Gasteiger partial charge in [-0.3, -0.25) is 10.1 Å². The smallest absolute Gasteiger partial charge is 0.269 e. The van der Waals surface area contributed by atoms with Crippen LogP contribution in [-0.4, -0.2) is 26.7 Å². The fourth-order valence-corrected chi connectivity index (χ4v) is 1.97. The normalized spacial score (nSPS) is 14.0. The Kier molecular flexibility index (Phi) is 3.94. The molecule has 0 amide bonds. The lowest BCUT2D eigenvalue weighted by Crippen LogP contribution is -2.15. The fraction of sp³-hybridized carbons (Fsp3) is 0.231. The van der Waals surface area contributed by atoms with Crippen LogP contribution in [0.5, 0.6) is 0 Å². The molecule has 0 aliphatic rings. The van der Waals surface area contributed by atoms with Gasteiger partial charge in [-0.15, -0.1) is 0 Å². The van der Waals surface area contributed by atoms with Crippen molar-refractivity contribution >= 4 is 5.69 Å². The quantitative estimate of drug-likeness (QED) is 0.564. The molecule has 0 saturated carbocycles. The van der Waals surface area contributed by atoms with E-state index in [1.54, 1.807) is 18.3 Å². The number of aromatic nitrogens is 1. The van der Waals surface area contributed by atoms with E-state index in [0.29, 0.717) is 11.3 Å². The molecule has 2 atom stereocenters. The second-order valence-electron chi connectivity index (χ2n) is 4.21. The second-order valence-corrected chi connectivity index (χ2v) is 4.21. The molecule has 2 unspecified atom stereocenters. The van der Waals surface area contributed by atoms with Crippen molar-refractivity contribution in [2.45, 2.75) is 12.0 Å². The number of nitro groups is 1. The number of H-pyrrole nitrogens is 1. The van der Waals surface area contributed by atoms with Gasteiger partial charge in [0.1, 0.15) is 0 Å². The Labute approximate surface area is 109 Å². The standard InChI is InChI=1S/C13H14N2O4/c16-8-11(12-2-1-7-14-12)13(17)9-3-5-10(6-4-9)15(18)19/h1-7,11,13-14,16-17H,8H2. The Balaban J connectivity index is 2.22. The number of aliphatic hydroxyl groups excluding tert-OH is 2. The van der Waals surface area contributed by atoms with Gasteiger partial charge < -0.3 is 15.2 Å². The molecule has 0 saturated heterocycles. The molecule has 0 radical (unpaired) electrons. The summed E-state index contributed by atoms with van der Waals surface area (Å²) in [6.07, 6.45) is 0.782. The van der Waals surface area contributed by atoms with Gasteiger partial charge in [0.25, 0.3) is 5.69 Å². The molecule has 6 nitrogen and oxygen atoms in total. The summed E-state index contributed by atoms with van der Waals surface area (Å²) in [6, 6.07) is 9.21. The predicted octanol–water partition coefficient (Wildman–Crippen LogP) is 1.73. The van der Waals surface area contributed by atoms with Crippen LogP contribution in [0.4, 0.5) is 5.69 Å². The molecule has 6 heteroatoms. The van der Waals surface area contributed by atoms with Crippen molar-refractivity contribution in [1.82, 2.24) is 4.98 Å². The highest BCUT2D eigenvalue weighted by atomic mass is 16.6. The van der Waals surface area contributed by atoms with E-state index in [-0.39, 0.29) is 12.3 Å². The largest absolute Gasteiger partial charge is 0.396 e. The number of aromatic amines is 1. The molecule has 1 heterocycles. The van der Waals surface area contributed by atoms with Crippen molar-refractivity contribution < 1.29 is 15.1 Å². The molecule has 1 aromatic heterocycles. The summed E-state index contributed by atoms with van der Waals surface area (Å²) in [4.78, 5) is 13.0. The van der Waals surface area contributed by atoms with Gasteiger partial charge in [0.2, 0.25) is 0 Å². The highest BCUT2D eigenvalue weighted by Crippen LogP contribution is 2.30. The van der Waals surface area contributed by atoms with E-state index in [4.69, 9.17) is 0 Å². The van der Waals surface area contributed by atoms with E-state index in [2.05, 4.69) is 4.98 Å². The Bertz CT molecular complexity index is 536. The van der Waals surface area contributed by atoms with Crippen molar-refractivity contribution in [3.8, 4) is 0 Å². The Morgan fingerprint density at radius 3 is 2.42 bits per heavy atom. The van der Waals surface area contributed by atoms with Gasteiger partial charge in [0.15, 0.2) is 0 Å². The monoisotopic (exact) mass is 262 g/mol. The summed E-state index contributed by atoms with van der Waals surface area (Å²) in [7, 11) is 0. The summed E-state index contributed by atoms with van der Waals surface area (Å²) < 4.78 is 0. The molecular formula is C13H14N2O4. The first kappa shape index (κ1) is 13.3. The van der Waals surface area contributed by atoms with Gasteiger partial charge in [-0.2, -0.15) is 0 Å². The number of hydrogen-bond donors (Lipinski definition) is 3. The number of nitrogens with zero attached hydrogens (tertiary/aromatic N) is 1. The van der Waals surface area contributed by atoms with Gasteiger partial charge in [0, 0.05) is 24.0 Å². The summed E-state index contributed by atoms with van der Waals surface area (Å²) in [6.45, 7) is -0.224. The molecule has 19 heavy (non-hydrogen) atoms. The van der Waals surface area contributed by atoms with Crippen LogP contribution in [0.2, 0.25) is 0 Å². The first-order chi connectivity index (χ1) is 9.13. The van der Waals surface area contributed by atoms with Crippen molar-refractivity contribution in [1.29, 1.82) is 0 Å². The zero-order chi connectivity index (χ0) is 13.8. The fourth-order valence-electron chi connectivity index (χ4n) is 1.97. The van der Waals surface area contributed by atoms with E-state index < -0.39 is 16.9 Å². The van der Waals surface area contributed by atoms with Crippen LogP contribution >= 0.6 is 0 Å². The van der Waals surface area contributed by atoms with Crippen LogP contribution in [0.3, 0.4) is 0 Å². The molecule has 0 bridgehead atoms. The van der Waals surface area contributed by atoms with Gasteiger partial charge in [-0.05, 0) is 29.8 Å². The molecule has 0 aliphatic carbocycles. The number of non-ortho nitro benzene ring substituents is 1. The number of nitro benzene ring substituents is 1. The first-order valence-corrected chi connectivity index (χ1v) is 5.80. The Morgan fingerprint density at radius 2 is 1.95 bits per heavy atom. The van der Waals surface area contributed by atoms with E-state index in [9.17, 15) is 20.3 Å². The highest BCUT2D eigenvalue weighted by Gasteiger charge is 2.23. The van der Waals surface area contributed by atoms with E-state index in [1.165, 1.54) is 24.3 Å². The van der Waals surface area contributed by atoms with Crippen LogP contribution in [0, 0.1) is 10.1 Å². The van der Waals surface area contributed by atoms with E-state index in [1.807, 2.05) is 0 Å². The van der Waals surface area contributed by atoms with E-state index >= 15 is 0 Å². The van der Waals surface area contributed by atoms with Gasteiger partial charge in [-0.25, -0.2) is 0 Å². The average Bonchev–Trinajstić information content (AvgIpc) is 2.93. The maximum Gasteiger partial charge on any atom is 0.269 e. The molecule has 0 fully saturated rings. The van der Waals surface area contributed by atoms with Gasteiger partial charge in [0.05, 0.1) is 23.6 Å². The van der Waals surface area contributed by atoms with E-state index in [0.717, 1.165) is 0 Å². The number of rotatable bonds is 5. The van der Waals surface area contributed by atoms with Gasteiger partial charge in [-0.1, -0.05) is 0 Å². The zero-order valence-corrected chi connectivity index (χ0v) is 10.1. The maximum atomic E-state index is 10.6. The Morgan fingerprint density at radius 1 is 1.26 bits per heavy atom. The van der Waals surface area contributed by atoms with Crippen LogP contribution < -0.4 is 0 Å². The highest BCUT2D eigenvalue weighted by molar-refractivity contribution is 5.35. The van der Waals surface area contributed by atoms with Crippen molar-refractivity contribution in [2.75, 3.05) is 6.61 Å². The van der Waals surface area contributed by atoms with Crippen molar-refractivity contribution in [2.24, 2.45) is 0 Å². The summed E-state index contributed by atoms with van der Waals surface area (Å²) in [5, 5.41) is 30.2. The molecular weight excluding hydrogens is 248 g/mol. The molecule has 2 aromatic rings. The summed E-state index contributed by atoms with van der Waals surface area (Å²) >= 11 is 0. The molecule has 2 rings (SSSR count).